The number of aliphatic hydroxyl groups is 1. The van der Waals surface area contributed by atoms with Crippen molar-refractivity contribution in [1.82, 2.24) is 9.88 Å². The first kappa shape index (κ1) is 15.7. The molecule has 1 aliphatic carbocycles. The lowest BCUT2D eigenvalue weighted by Crippen LogP contribution is -2.39. The minimum atomic E-state index is -0.176. The molecule has 0 spiro atoms. The standard InChI is InChI=1S/C20H21N3O2/c24-13-12-23(19-9-8-14-4-1-2-5-15(14)19)20(25)22-18-7-3-6-17-16(18)10-11-21-17/h1-7,10-11,19,21,24H,8-9,12-13H2,(H,22,25). The van der Waals surface area contributed by atoms with Gasteiger partial charge in [0.15, 0.2) is 0 Å². The second kappa shape index (κ2) is 6.61. The highest BCUT2D eigenvalue weighted by molar-refractivity contribution is 6.00. The largest absolute Gasteiger partial charge is 0.395 e. The average molecular weight is 335 g/mol. The molecule has 1 aliphatic rings. The quantitative estimate of drug-likeness (QED) is 0.681. The lowest BCUT2D eigenvalue weighted by molar-refractivity contribution is 0.162. The van der Waals surface area contributed by atoms with Crippen molar-refractivity contribution in [3.63, 3.8) is 0 Å². The number of nitrogens with one attached hydrogen (secondary N) is 2. The van der Waals surface area contributed by atoms with Gasteiger partial charge < -0.3 is 20.3 Å². The molecular formula is C20H21N3O2. The summed E-state index contributed by atoms with van der Waals surface area (Å²) in [7, 11) is 0. The van der Waals surface area contributed by atoms with Gasteiger partial charge in [0.1, 0.15) is 0 Å². The number of aromatic nitrogens is 1. The Labute approximate surface area is 146 Å². The van der Waals surface area contributed by atoms with E-state index in [-0.39, 0.29) is 18.7 Å². The fourth-order valence-corrected chi connectivity index (χ4v) is 3.75. The number of H-pyrrole nitrogens is 1. The number of aromatic amines is 1. The SMILES string of the molecule is O=C(Nc1cccc2[nH]ccc12)N(CCO)C1CCc2ccccc21. The Kier molecular flexibility index (Phi) is 4.15. The van der Waals surface area contributed by atoms with Crippen LogP contribution in [0.3, 0.4) is 0 Å². The number of anilines is 1. The zero-order valence-corrected chi connectivity index (χ0v) is 13.9. The normalized spacial score (nSPS) is 16.0. The summed E-state index contributed by atoms with van der Waals surface area (Å²) >= 11 is 0. The third-order valence-electron chi connectivity index (χ3n) is 4.92. The summed E-state index contributed by atoms with van der Waals surface area (Å²) in [4.78, 5) is 17.9. The summed E-state index contributed by atoms with van der Waals surface area (Å²) < 4.78 is 0. The van der Waals surface area contributed by atoms with Gasteiger partial charge in [-0.3, -0.25) is 0 Å². The van der Waals surface area contributed by atoms with Crippen LogP contribution in [0.4, 0.5) is 10.5 Å². The van der Waals surface area contributed by atoms with Gasteiger partial charge in [-0.2, -0.15) is 0 Å². The highest BCUT2D eigenvalue weighted by Gasteiger charge is 2.30. The highest BCUT2D eigenvalue weighted by atomic mass is 16.3. The van der Waals surface area contributed by atoms with E-state index in [4.69, 9.17) is 0 Å². The topological polar surface area (TPSA) is 68.4 Å². The number of carbonyl (C=O) groups excluding carboxylic acids is 1. The predicted octanol–water partition coefficient (Wildman–Crippen LogP) is 3.68. The molecular weight excluding hydrogens is 314 g/mol. The minimum Gasteiger partial charge on any atom is -0.395 e. The molecule has 5 heteroatoms. The molecule has 4 rings (SSSR count). The number of benzene rings is 2. The van der Waals surface area contributed by atoms with Crippen molar-refractivity contribution in [2.45, 2.75) is 18.9 Å². The number of carbonyl (C=O) groups is 1. The van der Waals surface area contributed by atoms with E-state index in [1.165, 1.54) is 11.1 Å². The van der Waals surface area contributed by atoms with Gasteiger partial charge in [-0.15, -0.1) is 0 Å². The minimum absolute atomic E-state index is 0.00813. The number of nitrogens with zero attached hydrogens (tertiary/aromatic N) is 1. The Hall–Kier alpha value is -2.79. The first-order valence-corrected chi connectivity index (χ1v) is 8.60. The van der Waals surface area contributed by atoms with Gasteiger partial charge in [-0.25, -0.2) is 4.79 Å². The van der Waals surface area contributed by atoms with Crippen LogP contribution in [0.15, 0.2) is 54.7 Å². The molecule has 5 nitrogen and oxygen atoms in total. The number of aryl methyl sites for hydroxylation is 1. The van der Waals surface area contributed by atoms with Gasteiger partial charge in [-0.1, -0.05) is 30.3 Å². The number of fused-ring (bicyclic) bond motifs is 2. The molecule has 1 heterocycles. The Morgan fingerprint density at radius 3 is 2.96 bits per heavy atom. The number of hydrogen-bond donors (Lipinski definition) is 3. The molecule has 0 saturated carbocycles. The van der Waals surface area contributed by atoms with Gasteiger partial charge in [0.25, 0.3) is 0 Å². The maximum atomic E-state index is 13.0. The summed E-state index contributed by atoms with van der Waals surface area (Å²) in [6, 6.07) is 15.8. The number of hydrogen-bond acceptors (Lipinski definition) is 2. The molecule has 0 aliphatic heterocycles. The Morgan fingerprint density at radius 1 is 1.20 bits per heavy atom. The Balaban J connectivity index is 1.61. The highest BCUT2D eigenvalue weighted by Crippen LogP contribution is 2.36. The van der Waals surface area contributed by atoms with Gasteiger partial charge in [0.05, 0.1) is 18.3 Å². The van der Waals surface area contributed by atoms with Gasteiger partial charge >= 0.3 is 6.03 Å². The van der Waals surface area contributed by atoms with Gasteiger partial charge in [0, 0.05) is 23.6 Å². The first-order chi connectivity index (χ1) is 12.3. The van der Waals surface area contributed by atoms with E-state index in [1.807, 2.05) is 42.6 Å². The van der Waals surface area contributed by atoms with Crippen LogP contribution in [-0.4, -0.2) is 34.2 Å². The summed E-state index contributed by atoms with van der Waals surface area (Å²) in [5, 5.41) is 13.5. The fraction of sp³-hybridized carbons (Fsp3) is 0.250. The maximum absolute atomic E-state index is 13.0. The van der Waals surface area contributed by atoms with Crippen LogP contribution < -0.4 is 5.32 Å². The van der Waals surface area contributed by atoms with Crippen LogP contribution in [0.5, 0.6) is 0 Å². The summed E-state index contributed by atoms with van der Waals surface area (Å²) in [5.74, 6) is 0. The van der Waals surface area contributed by atoms with Crippen molar-refractivity contribution < 1.29 is 9.90 Å². The summed E-state index contributed by atoms with van der Waals surface area (Å²) in [6.45, 7) is 0.258. The molecule has 25 heavy (non-hydrogen) atoms. The van der Waals surface area contributed by atoms with E-state index in [9.17, 15) is 9.90 Å². The molecule has 0 saturated heterocycles. The summed E-state index contributed by atoms with van der Waals surface area (Å²) in [6.07, 6.45) is 3.71. The van der Waals surface area contributed by atoms with Crippen molar-refractivity contribution in [2.24, 2.45) is 0 Å². The van der Waals surface area contributed by atoms with Gasteiger partial charge in [0.2, 0.25) is 0 Å². The second-order valence-corrected chi connectivity index (χ2v) is 6.34. The molecule has 128 valence electrons. The average Bonchev–Trinajstić information content (AvgIpc) is 3.27. The molecule has 3 aromatic rings. The van der Waals surface area contributed by atoms with Crippen LogP contribution in [0.25, 0.3) is 10.9 Å². The lowest BCUT2D eigenvalue weighted by Gasteiger charge is -2.29. The van der Waals surface area contributed by atoms with E-state index in [0.29, 0.717) is 6.54 Å². The molecule has 1 unspecified atom stereocenters. The summed E-state index contributed by atoms with van der Waals surface area (Å²) in [5.41, 5.74) is 4.23. The zero-order chi connectivity index (χ0) is 17.2. The maximum Gasteiger partial charge on any atom is 0.322 e. The molecule has 1 aromatic heterocycles. The van der Waals surface area contributed by atoms with Crippen molar-refractivity contribution in [3.8, 4) is 0 Å². The number of urea groups is 1. The van der Waals surface area contributed by atoms with Crippen LogP contribution >= 0.6 is 0 Å². The van der Waals surface area contributed by atoms with Crippen LogP contribution in [0.2, 0.25) is 0 Å². The molecule has 3 N–H and O–H groups in total. The number of aliphatic hydroxyl groups excluding tert-OH is 1. The Bertz CT molecular complexity index is 903. The molecule has 0 fully saturated rings. The first-order valence-electron chi connectivity index (χ1n) is 8.60. The van der Waals surface area contributed by atoms with Crippen molar-refractivity contribution >= 4 is 22.6 Å². The lowest BCUT2D eigenvalue weighted by atomic mass is 10.1. The van der Waals surface area contributed by atoms with Crippen LogP contribution in [0.1, 0.15) is 23.6 Å². The van der Waals surface area contributed by atoms with E-state index in [0.717, 1.165) is 29.4 Å². The van der Waals surface area contributed by atoms with Crippen molar-refractivity contribution in [2.75, 3.05) is 18.5 Å². The third kappa shape index (κ3) is 2.87. The monoisotopic (exact) mass is 335 g/mol. The molecule has 2 amide bonds. The molecule has 0 bridgehead atoms. The second-order valence-electron chi connectivity index (χ2n) is 6.34. The van der Waals surface area contributed by atoms with Crippen LogP contribution in [0, 0.1) is 0 Å². The fourth-order valence-electron chi connectivity index (χ4n) is 3.75. The van der Waals surface area contributed by atoms with E-state index >= 15 is 0 Å². The zero-order valence-electron chi connectivity index (χ0n) is 13.9. The number of amides is 2. The predicted molar refractivity (Wildman–Crippen MR) is 98.6 cm³/mol. The van der Waals surface area contributed by atoms with Gasteiger partial charge in [-0.05, 0) is 42.2 Å². The number of rotatable bonds is 4. The van der Waals surface area contributed by atoms with Crippen molar-refractivity contribution in [3.05, 3.63) is 65.9 Å². The van der Waals surface area contributed by atoms with Crippen molar-refractivity contribution in [1.29, 1.82) is 0 Å². The molecule has 1 atom stereocenters. The Morgan fingerprint density at radius 2 is 2.08 bits per heavy atom. The molecule has 2 aromatic carbocycles. The molecule has 0 radical (unpaired) electrons. The van der Waals surface area contributed by atoms with Crippen LogP contribution in [-0.2, 0) is 6.42 Å². The van der Waals surface area contributed by atoms with E-state index in [2.05, 4.69) is 22.4 Å². The van der Waals surface area contributed by atoms with E-state index in [1.54, 1.807) is 4.90 Å². The smallest absolute Gasteiger partial charge is 0.322 e. The third-order valence-corrected chi connectivity index (χ3v) is 4.92. The van der Waals surface area contributed by atoms with E-state index < -0.39 is 0 Å².